The lowest BCUT2D eigenvalue weighted by molar-refractivity contribution is -0.114. The average Bonchev–Trinajstić information content (AvgIpc) is 1.87. The summed E-state index contributed by atoms with van der Waals surface area (Å²) in [7, 11) is 0.342. The summed E-state index contributed by atoms with van der Waals surface area (Å²) in [5, 5.41) is 0. The van der Waals surface area contributed by atoms with Gasteiger partial charge in [0.2, 0.25) is 0 Å². The minimum absolute atomic E-state index is 0.114. The van der Waals surface area contributed by atoms with Crippen molar-refractivity contribution in [1.82, 2.24) is 0 Å². The van der Waals surface area contributed by atoms with E-state index < -0.39 is 10.2 Å². The maximum absolute atomic E-state index is 10.3. The number of rotatable bonds is 0. The van der Waals surface area contributed by atoms with Gasteiger partial charge in [-0.25, -0.2) is 0 Å². The number of hydrogen-bond donors (Lipinski definition) is 0. The summed E-state index contributed by atoms with van der Waals surface area (Å²) in [6.07, 6.45) is 0. The quantitative estimate of drug-likeness (QED) is 0.347. The monoisotopic (exact) mass is 136 g/mol. The fourth-order valence-corrected chi connectivity index (χ4v) is 2.72. The Kier molecular flexibility index (Phi) is 1.61. The predicted molar refractivity (Wildman–Crippen MR) is 30.5 cm³/mol. The molecule has 1 aliphatic rings. The summed E-state index contributed by atoms with van der Waals surface area (Å²) in [5.41, 5.74) is 0. The fraction of sp³-hybridized carbons (Fsp3) is 0.667. The Balaban J connectivity index is 2.40. The highest BCUT2D eigenvalue weighted by molar-refractivity contribution is 8.73. The molecule has 1 heterocycles. The van der Waals surface area contributed by atoms with Crippen LogP contribution >= 0.6 is 10.8 Å². The van der Waals surface area contributed by atoms with Crippen molar-refractivity contribution in [2.24, 2.45) is 0 Å². The molecule has 2 nitrogen and oxygen atoms in total. The lowest BCUT2D eigenvalue weighted by Crippen LogP contribution is -2.01. The average molecular weight is 136 g/mol. The van der Waals surface area contributed by atoms with E-state index in [1.54, 1.807) is 0 Å². The largest absolute Gasteiger partial charge is 0.605 e. The van der Waals surface area contributed by atoms with Crippen LogP contribution in [0.2, 0.25) is 0 Å². The van der Waals surface area contributed by atoms with Gasteiger partial charge in [-0.2, -0.15) is 0 Å². The Morgan fingerprint density at radius 2 is 2.57 bits per heavy atom. The molecule has 1 rings (SSSR count). The van der Waals surface area contributed by atoms with Gasteiger partial charge in [0.15, 0.2) is 11.5 Å². The highest BCUT2D eigenvalue weighted by Gasteiger charge is 2.24. The van der Waals surface area contributed by atoms with Crippen molar-refractivity contribution >= 4 is 26.8 Å². The number of hydrogen-bond acceptors (Lipinski definition) is 3. The lowest BCUT2D eigenvalue weighted by atomic mass is 10.5. The van der Waals surface area contributed by atoms with Gasteiger partial charge in [-0.15, -0.1) is 0 Å². The van der Waals surface area contributed by atoms with Crippen molar-refractivity contribution < 1.29 is 9.35 Å². The van der Waals surface area contributed by atoms with Gasteiger partial charge in [-0.3, -0.25) is 4.79 Å². The van der Waals surface area contributed by atoms with Crippen molar-refractivity contribution in [3.05, 3.63) is 0 Å². The molecule has 40 valence electrons. The van der Waals surface area contributed by atoms with Crippen molar-refractivity contribution in [1.29, 1.82) is 0 Å². The second-order valence-electron chi connectivity index (χ2n) is 1.25. The van der Waals surface area contributed by atoms with Gasteiger partial charge in [-0.1, -0.05) is 0 Å². The zero-order valence-electron chi connectivity index (χ0n) is 3.55. The first kappa shape index (κ1) is 5.47. The van der Waals surface area contributed by atoms with E-state index in [0.29, 0.717) is 5.75 Å². The number of carbonyl (C=O) groups excluding carboxylic acids is 1. The van der Waals surface area contributed by atoms with Gasteiger partial charge in [0.25, 0.3) is 0 Å². The van der Waals surface area contributed by atoms with E-state index in [1.165, 1.54) is 10.8 Å². The number of Topliss-reactive ketones (excluding diaryl/α,β-unsaturated/α-hetero) is 1. The van der Waals surface area contributed by atoms with Crippen LogP contribution in [0.1, 0.15) is 0 Å². The summed E-state index contributed by atoms with van der Waals surface area (Å²) >= 11 is 0. The summed E-state index contributed by atoms with van der Waals surface area (Å²) in [5.74, 6) is 0.834. The third-order valence-electron chi connectivity index (χ3n) is 0.630. The first-order valence-corrected chi connectivity index (χ1v) is 4.64. The Labute approximate surface area is 48.2 Å². The molecule has 0 amide bonds. The van der Waals surface area contributed by atoms with Crippen molar-refractivity contribution in [3.63, 3.8) is 0 Å². The molecule has 1 unspecified atom stereocenters. The zero-order chi connectivity index (χ0) is 5.28. The van der Waals surface area contributed by atoms with Gasteiger partial charge >= 0.3 is 0 Å². The second kappa shape index (κ2) is 2.07. The highest BCUT2D eigenvalue weighted by Crippen LogP contribution is 2.19. The van der Waals surface area contributed by atoms with Crippen LogP contribution < -0.4 is 0 Å². The van der Waals surface area contributed by atoms with Crippen LogP contribution in [0.3, 0.4) is 0 Å². The molecule has 0 N–H and O–H groups in total. The van der Waals surface area contributed by atoms with Crippen LogP contribution in [0.25, 0.3) is 0 Å². The molecule has 4 heteroatoms. The summed E-state index contributed by atoms with van der Waals surface area (Å²) in [6, 6.07) is 0. The Morgan fingerprint density at radius 3 is 2.71 bits per heavy atom. The molecule has 7 heavy (non-hydrogen) atoms. The molecule has 0 radical (unpaired) electrons. The molecular weight excluding hydrogens is 132 g/mol. The normalized spacial score (nSPS) is 31.6. The van der Waals surface area contributed by atoms with Crippen LogP contribution in [-0.4, -0.2) is 21.8 Å². The Bertz CT molecular complexity index is 92.9. The van der Waals surface area contributed by atoms with E-state index in [0.717, 1.165) is 0 Å². The molecule has 0 aromatic rings. The summed E-state index contributed by atoms with van der Waals surface area (Å²) < 4.78 is 10.3. The molecule has 1 aliphatic heterocycles. The van der Waals surface area contributed by atoms with E-state index in [9.17, 15) is 9.35 Å². The molecule has 0 bridgehead atoms. The van der Waals surface area contributed by atoms with E-state index >= 15 is 0 Å². The fourth-order valence-electron chi connectivity index (χ4n) is 0.346. The predicted octanol–water partition coefficient (Wildman–Crippen LogP) is -0.0340. The first-order valence-electron chi connectivity index (χ1n) is 1.82. The molecule has 0 spiro atoms. The van der Waals surface area contributed by atoms with Gasteiger partial charge in [0, 0.05) is 10.2 Å². The minimum atomic E-state index is -0.886. The number of carbonyl (C=O) groups is 1. The Morgan fingerprint density at radius 1 is 1.86 bits per heavy atom. The van der Waals surface area contributed by atoms with Crippen LogP contribution in [-0.2, 0) is 15.0 Å². The first-order chi connectivity index (χ1) is 3.29. The smallest absolute Gasteiger partial charge is 0.197 e. The van der Waals surface area contributed by atoms with Crippen molar-refractivity contribution in [2.45, 2.75) is 0 Å². The van der Waals surface area contributed by atoms with Crippen LogP contribution in [0.4, 0.5) is 0 Å². The zero-order valence-corrected chi connectivity index (χ0v) is 5.18. The maximum atomic E-state index is 10.3. The lowest BCUT2D eigenvalue weighted by Gasteiger charge is -1.91. The van der Waals surface area contributed by atoms with E-state index in [2.05, 4.69) is 0 Å². The molecule has 0 saturated carbocycles. The van der Waals surface area contributed by atoms with Gasteiger partial charge < -0.3 is 4.55 Å². The molecule has 0 aliphatic carbocycles. The van der Waals surface area contributed by atoms with E-state index in [-0.39, 0.29) is 11.5 Å². The van der Waals surface area contributed by atoms with E-state index in [4.69, 9.17) is 0 Å². The molecular formula is C3H4O2S2. The van der Waals surface area contributed by atoms with Crippen LogP contribution in [0, 0.1) is 0 Å². The van der Waals surface area contributed by atoms with Gasteiger partial charge in [-0.05, 0) is 0 Å². The summed E-state index contributed by atoms with van der Waals surface area (Å²) in [6.45, 7) is 0. The molecule has 1 saturated heterocycles. The number of ketones is 1. The van der Waals surface area contributed by atoms with Crippen molar-refractivity contribution in [3.8, 4) is 0 Å². The molecule has 0 aromatic heterocycles. The van der Waals surface area contributed by atoms with E-state index in [1.807, 2.05) is 0 Å². The second-order valence-corrected chi connectivity index (χ2v) is 4.49. The third kappa shape index (κ3) is 1.36. The standard InChI is InChI=1S/C3H4O2S2/c4-3-1-6-7(5)2-3/h1-2H2. The third-order valence-corrected chi connectivity index (χ3v) is 3.39. The van der Waals surface area contributed by atoms with Crippen molar-refractivity contribution in [2.75, 3.05) is 11.5 Å². The topological polar surface area (TPSA) is 40.1 Å². The molecule has 1 atom stereocenters. The molecule has 1 fully saturated rings. The van der Waals surface area contributed by atoms with Gasteiger partial charge in [0.05, 0.1) is 10.8 Å². The minimum Gasteiger partial charge on any atom is -0.605 e. The summed E-state index contributed by atoms with van der Waals surface area (Å²) in [4.78, 5) is 10.2. The SMILES string of the molecule is O=C1CS[S+]([O-])C1. The maximum Gasteiger partial charge on any atom is 0.197 e. The molecule has 0 aromatic carbocycles. The Hall–Kier alpha value is 0.330. The highest BCUT2D eigenvalue weighted by atomic mass is 33.1. The van der Waals surface area contributed by atoms with Crippen LogP contribution in [0.15, 0.2) is 0 Å². The van der Waals surface area contributed by atoms with Gasteiger partial charge in [0.1, 0.15) is 5.75 Å². The van der Waals surface area contributed by atoms with Crippen LogP contribution in [0.5, 0.6) is 0 Å².